The molecule has 1 atom stereocenters. The third-order valence-corrected chi connectivity index (χ3v) is 4.15. The Labute approximate surface area is 145 Å². The van der Waals surface area contributed by atoms with Crippen LogP contribution in [0.3, 0.4) is 0 Å². The zero-order valence-electron chi connectivity index (χ0n) is 13.5. The largest absolute Gasteiger partial charge is 0.357 e. The second-order valence-electron chi connectivity index (χ2n) is 5.73. The average molecular weight is 352 g/mol. The summed E-state index contributed by atoms with van der Waals surface area (Å²) < 4.78 is 12.8. The van der Waals surface area contributed by atoms with Crippen LogP contribution in [0.2, 0.25) is 0 Å². The molecule has 130 valence electrons. The van der Waals surface area contributed by atoms with Crippen molar-refractivity contribution >= 4 is 29.1 Å². The minimum absolute atomic E-state index is 0.0167. The van der Waals surface area contributed by atoms with E-state index >= 15 is 0 Å². The number of benzene rings is 1. The second-order valence-corrected chi connectivity index (χ2v) is 6.14. The number of hydrazine groups is 1. The van der Waals surface area contributed by atoms with Gasteiger partial charge in [-0.25, -0.2) is 4.39 Å². The molecule has 1 fully saturated rings. The maximum absolute atomic E-state index is 12.8. The van der Waals surface area contributed by atoms with E-state index in [1.807, 2.05) is 0 Å². The summed E-state index contributed by atoms with van der Waals surface area (Å²) in [5.41, 5.74) is 6.09. The van der Waals surface area contributed by atoms with Crippen LogP contribution < -0.4 is 16.2 Å². The van der Waals surface area contributed by atoms with E-state index in [0.29, 0.717) is 19.6 Å². The molecule has 0 radical (unpaired) electrons. The highest BCUT2D eigenvalue weighted by molar-refractivity contribution is 7.80. The smallest absolute Gasteiger partial charge is 0.243 e. The van der Waals surface area contributed by atoms with Crippen LogP contribution in [-0.4, -0.2) is 34.9 Å². The van der Waals surface area contributed by atoms with Gasteiger partial charge in [0, 0.05) is 26.6 Å². The standard InChI is InChI=1S/C16H21FN4O2S/c1-11(22)21-8-2-3-13(10-21)15(23)19-20-16(24)18-9-12-4-6-14(17)7-5-12/h4-7,13H,2-3,8-10H2,1H3,(H,19,23)(H2,18,20,24)/t13-/m1/s1. The maximum Gasteiger partial charge on any atom is 0.243 e. The van der Waals surface area contributed by atoms with Crippen LogP contribution in [0.1, 0.15) is 25.3 Å². The van der Waals surface area contributed by atoms with Crippen LogP contribution in [0.4, 0.5) is 4.39 Å². The van der Waals surface area contributed by atoms with Gasteiger partial charge in [-0.1, -0.05) is 12.1 Å². The fourth-order valence-electron chi connectivity index (χ4n) is 2.53. The number of hydrogen-bond donors (Lipinski definition) is 3. The van der Waals surface area contributed by atoms with Gasteiger partial charge in [0.2, 0.25) is 11.8 Å². The molecule has 1 heterocycles. The fourth-order valence-corrected chi connectivity index (χ4v) is 2.65. The number of hydrogen-bond acceptors (Lipinski definition) is 3. The summed E-state index contributed by atoms with van der Waals surface area (Å²) >= 11 is 5.09. The molecule has 0 bridgehead atoms. The lowest BCUT2D eigenvalue weighted by Gasteiger charge is -2.31. The predicted molar refractivity (Wildman–Crippen MR) is 92.1 cm³/mol. The first kappa shape index (κ1) is 18.1. The molecular formula is C16H21FN4O2S. The van der Waals surface area contributed by atoms with Crippen LogP contribution in [0.15, 0.2) is 24.3 Å². The highest BCUT2D eigenvalue weighted by Gasteiger charge is 2.26. The van der Waals surface area contributed by atoms with E-state index in [-0.39, 0.29) is 28.7 Å². The number of halogens is 1. The minimum Gasteiger partial charge on any atom is -0.357 e. The first-order valence-corrected chi connectivity index (χ1v) is 8.20. The molecule has 8 heteroatoms. The summed E-state index contributed by atoms with van der Waals surface area (Å²) in [4.78, 5) is 25.2. The molecule has 6 nitrogen and oxygen atoms in total. The first-order chi connectivity index (χ1) is 11.5. The summed E-state index contributed by atoms with van der Waals surface area (Å²) in [6.07, 6.45) is 1.55. The maximum atomic E-state index is 12.8. The lowest BCUT2D eigenvalue weighted by Crippen LogP contribution is -2.51. The number of carbonyl (C=O) groups excluding carboxylic acids is 2. The van der Waals surface area contributed by atoms with Gasteiger partial charge in [0.25, 0.3) is 0 Å². The van der Waals surface area contributed by atoms with Crippen molar-refractivity contribution in [2.75, 3.05) is 13.1 Å². The van der Waals surface area contributed by atoms with Crippen molar-refractivity contribution in [1.82, 2.24) is 21.1 Å². The summed E-state index contributed by atoms with van der Waals surface area (Å²) in [5, 5.41) is 3.19. The molecule has 0 unspecified atom stereocenters. The van der Waals surface area contributed by atoms with Crippen molar-refractivity contribution < 1.29 is 14.0 Å². The Morgan fingerprint density at radius 1 is 1.29 bits per heavy atom. The molecule has 24 heavy (non-hydrogen) atoms. The normalized spacial score (nSPS) is 17.1. The van der Waals surface area contributed by atoms with Crippen LogP contribution in [-0.2, 0) is 16.1 Å². The number of nitrogens with one attached hydrogen (secondary N) is 3. The molecule has 0 saturated carbocycles. The molecule has 3 N–H and O–H groups in total. The number of amides is 2. The molecule has 0 aliphatic carbocycles. The molecule has 1 saturated heterocycles. The lowest BCUT2D eigenvalue weighted by atomic mass is 9.97. The predicted octanol–water partition coefficient (Wildman–Crippen LogP) is 1.08. The topological polar surface area (TPSA) is 73.5 Å². The molecule has 1 aliphatic rings. The fraction of sp³-hybridized carbons (Fsp3) is 0.438. The van der Waals surface area contributed by atoms with Crippen molar-refractivity contribution in [3.8, 4) is 0 Å². The van der Waals surface area contributed by atoms with E-state index < -0.39 is 0 Å². The zero-order chi connectivity index (χ0) is 17.5. The number of likely N-dealkylation sites (tertiary alicyclic amines) is 1. The van der Waals surface area contributed by atoms with Gasteiger partial charge in [-0.2, -0.15) is 0 Å². The quantitative estimate of drug-likeness (QED) is 0.561. The number of rotatable bonds is 3. The molecule has 2 amide bonds. The third-order valence-electron chi connectivity index (χ3n) is 3.90. The lowest BCUT2D eigenvalue weighted by molar-refractivity contribution is -0.134. The summed E-state index contributed by atoms with van der Waals surface area (Å²) in [7, 11) is 0. The van der Waals surface area contributed by atoms with E-state index in [0.717, 1.165) is 18.4 Å². The van der Waals surface area contributed by atoms with Crippen LogP contribution in [0, 0.1) is 11.7 Å². The Morgan fingerprint density at radius 2 is 2.00 bits per heavy atom. The number of thiocarbonyl (C=S) groups is 1. The Bertz CT molecular complexity index is 609. The Hall–Kier alpha value is -2.22. The summed E-state index contributed by atoms with van der Waals surface area (Å²) in [5.74, 6) is -0.738. The van der Waals surface area contributed by atoms with Gasteiger partial charge >= 0.3 is 0 Å². The van der Waals surface area contributed by atoms with Crippen LogP contribution >= 0.6 is 12.2 Å². The SMILES string of the molecule is CC(=O)N1CCC[C@@H](C(=O)NNC(=S)NCc2ccc(F)cc2)C1. The molecule has 1 aromatic carbocycles. The van der Waals surface area contributed by atoms with Gasteiger partial charge in [0.1, 0.15) is 5.82 Å². The number of piperidine rings is 1. The number of nitrogens with zero attached hydrogens (tertiary/aromatic N) is 1. The summed E-state index contributed by atoms with van der Waals surface area (Å²) in [6, 6.07) is 6.06. The highest BCUT2D eigenvalue weighted by Crippen LogP contribution is 2.16. The van der Waals surface area contributed by atoms with E-state index in [2.05, 4.69) is 16.2 Å². The second kappa shape index (κ2) is 8.58. The molecule has 0 spiro atoms. The van der Waals surface area contributed by atoms with Gasteiger partial charge < -0.3 is 10.2 Å². The van der Waals surface area contributed by atoms with E-state index in [4.69, 9.17) is 12.2 Å². The van der Waals surface area contributed by atoms with Gasteiger partial charge in [-0.3, -0.25) is 20.4 Å². The van der Waals surface area contributed by atoms with Crippen molar-refractivity contribution in [2.45, 2.75) is 26.3 Å². The van der Waals surface area contributed by atoms with Gasteiger partial charge in [0.05, 0.1) is 5.92 Å². The van der Waals surface area contributed by atoms with Crippen LogP contribution in [0.25, 0.3) is 0 Å². The van der Waals surface area contributed by atoms with E-state index in [9.17, 15) is 14.0 Å². The number of carbonyl (C=O) groups is 2. The van der Waals surface area contributed by atoms with Crippen molar-refractivity contribution in [1.29, 1.82) is 0 Å². The third kappa shape index (κ3) is 5.45. The molecule has 2 rings (SSSR count). The highest BCUT2D eigenvalue weighted by atomic mass is 32.1. The van der Waals surface area contributed by atoms with Crippen LogP contribution in [0.5, 0.6) is 0 Å². The Balaban J connectivity index is 1.71. The van der Waals surface area contributed by atoms with Gasteiger partial charge in [-0.15, -0.1) is 0 Å². The Morgan fingerprint density at radius 3 is 2.67 bits per heavy atom. The average Bonchev–Trinajstić information content (AvgIpc) is 2.59. The van der Waals surface area contributed by atoms with E-state index in [1.54, 1.807) is 17.0 Å². The van der Waals surface area contributed by atoms with E-state index in [1.165, 1.54) is 19.1 Å². The molecular weight excluding hydrogens is 331 g/mol. The van der Waals surface area contributed by atoms with Crippen molar-refractivity contribution in [2.24, 2.45) is 5.92 Å². The van der Waals surface area contributed by atoms with Gasteiger partial charge in [-0.05, 0) is 42.8 Å². The Kier molecular flexibility index (Phi) is 6.48. The molecule has 0 aromatic heterocycles. The molecule has 1 aliphatic heterocycles. The summed E-state index contributed by atoms with van der Waals surface area (Å²) in [6.45, 7) is 3.05. The van der Waals surface area contributed by atoms with Gasteiger partial charge in [0.15, 0.2) is 5.11 Å². The van der Waals surface area contributed by atoms with Crippen molar-refractivity contribution in [3.05, 3.63) is 35.6 Å². The first-order valence-electron chi connectivity index (χ1n) is 7.79. The minimum atomic E-state index is -0.293. The zero-order valence-corrected chi connectivity index (χ0v) is 14.3. The molecule has 1 aromatic rings. The van der Waals surface area contributed by atoms with Crippen molar-refractivity contribution in [3.63, 3.8) is 0 Å². The monoisotopic (exact) mass is 352 g/mol.